The molecule has 1 aliphatic rings. The summed E-state index contributed by atoms with van der Waals surface area (Å²) >= 11 is 0. The van der Waals surface area contributed by atoms with Gasteiger partial charge in [0.2, 0.25) is 0 Å². The van der Waals surface area contributed by atoms with Gasteiger partial charge in [0.15, 0.2) is 0 Å². The highest BCUT2D eigenvalue weighted by Gasteiger charge is 2.32. The highest BCUT2D eigenvalue weighted by molar-refractivity contribution is 7.57. The summed E-state index contributed by atoms with van der Waals surface area (Å²) in [7, 11) is -1.65. The summed E-state index contributed by atoms with van der Waals surface area (Å²) in [6, 6.07) is 0. The standard InChI is InChI=1S/C7H9O3P/c1-4-7-6(2)5-11(8,9-3)10-7/h1,5,7H,2-3H3. The van der Waals surface area contributed by atoms with E-state index in [1.165, 1.54) is 12.9 Å². The Bertz CT molecular complexity index is 274. The van der Waals surface area contributed by atoms with E-state index in [1.54, 1.807) is 6.92 Å². The first-order valence-corrected chi connectivity index (χ1v) is 4.72. The third kappa shape index (κ3) is 1.54. The number of terminal acetylenes is 1. The molecule has 0 spiro atoms. The Morgan fingerprint density at radius 1 is 1.91 bits per heavy atom. The summed E-state index contributed by atoms with van der Waals surface area (Å²) in [4.78, 5) is 0. The van der Waals surface area contributed by atoms with Crippen LogP contribution in [0.3, 0.4) is 0 Å². The van der Waals surface area contributed by atoms with Gasteiger partial charge in [-0.3, -0.25) is 9.09 Å². The van der Waals surface area contributed by atoms with Gasteiger partial charge in [-0.2, -0.15) is 0 Å². The van der Waals surface area contributed by atoms with Gasteiger partial charge in [-0.05, 0) is 12.5 Å². The molecule has 2 atom stereocenters. The van der Waals surface area contributed by atoms with Crippen LogP contribution in [0, 0.1) is 12.3 Å². The zero-order valence-electron chi connectivity index (χ0n) is 6.40. The Hall–Kier alpha value is -0.550. The second-order valence-electron chi connectivity index (χ2n) is 2.25. The molecule has 0 bridgehead atoms. The summed E-state index contributed by atoms with van der Waals surface area (Å²) in [5, 5.41) is 0. The largest absolute Gasteiger partial charge is 0.355 e. The molecule has 0 aliphatic carbocycles. The molecule has 1 heterocycles. The van der Waals surface area contributed by atoms with Gasteiger partial charge in [0.25, 0.3) is 0 Å². The quantitative estimate of drug-likeness (QED) is 0.446. The number of rotatable bonds is 1. The molecule has 3 nitrogen and oxygen atoms in total. The van der Waals surface area contributed by atoms with E-state index in [2.05, 4.69) is 10.4 Å². The lowest BCUT2D eigenvalue weighted by atomic mass is 10.2. The van der Waals surface area contributed by atoms with Crippen molar-refractivity contribution in [2.24, 2.45) is 0 Å². The molecule has 0 N–H and O–H groups in total. The first-order valence-electron chi connectivity index (χ1n) is 3.10. The fourth-order valence-electron chi connectivity index (χ4n) is 0.835. The first-order chi connectivity index (χ1) is 5.11. The molecule has 0 aromatic heterocycles. The van der Waals surface area contributed by atoms with Crippen LogP contribution in [0.5, 0.6) is 0 Å². The van der Waals surface area contributed by atoms with Crippen molar-refractivity contribution in [3.63, 3.8) is 0 Å². The van der Waals surface area contributed by atoms with Gasteiger partial charge in [0.1, 0.15) is 6.10 Å². The Morgan fingerprint density at radius 3 is 2.82 bits per heavy atom. The van der Waals surface area contributed by atoms with Gasteiger partial charge in [-0.1, -0.05) is 5.92 Å². The number of hydrogen-bond donors (Lipinski definition) is 0. The van der Waals surface area contributed by atoms with Crippen molar-refractivity contribution in [1.82, 2.24) is 0 Å². The Morgan fingerprint density at radius 2 is 2.55 bits per heavy atom. The van der Waals surface area contributed by atoms with E-state index in [0.717, 1.165) is 5.57 Å². The minimum Gasteiger partial charge on any atom is -0.309 e. The van der Waals surface area contributed by atoms with E-state index in [4.69, 9.17) is 10.9 Å². The van der Waals surface area contributed by atoms with Crippen molar-refractivity contribution in [2.45, 2.75) is 13.0 Å². The molecule has 0 aromatic carbocycles. The molecule has 0 radical (unpaired) electrons. The van der Waals surface area contributed by atoms with Gasteiger partial charge in [-0.25, -0.2) is 0 Å². The maximum atomic E-state index is 11.3. The van der Waals surface area contributed by atoms with Crippen molar-refractivity contribution >= 4 is 7.60 Å². The van der Waals surface area contributed by atoms with Crippen LogP contribution < -0.4 is 0 Å². The maximum Gasteiger partial charge on any atom is 0.355 e. The van der Waals surface area contributed by atoms with Crippen molar-refractivity contribution in [3.8, 4) is 12.3 Å². The second kappa shape index (κ2) is 2.83. The third-order valence-corrected chi connectivity index (χ3v) is 3.17. The first kappa shape index (κ1) is 8.55. The highest BCUT2D eigenvalue weighted by Crippen LogP contribution is 2.56. The zero-order chi connectivity index (χ0) is 8.48. The van der Waals surface area contributed by atoms with Crippen LogP contribution >= 0.6 is 7.60 Å². The van der Waals surface area contributed by atoms with Gasteiger partial charge in [0, 0.05) is 12.9 Å². The van der Waals surface area contributed by atoms with Crippen molar-refractivity contribution in [3.05, 3.63) is 11.4 Å². The predicted octanol–water partition coefficient (Wildman–Crippen LogP) is 1.76. The van der Waals surface area contributed by atoms with Crippen LogP contribution in [0.2, 0.25) is 0 Å². The Kier molecular flexibility index (Phi) is 2.20. The topological polar surface area (TPSA) is 35.5 Å². The highest BCUT2D eigenvalue weighted by atomic mass is 31.2. The van der Waals surface area contributed by atoms with E-state index in [-0.39, 0.29) is 0 Å². The molecule has 1 rings (SSSR count). The molecule has 0 saturated heterocycles. The minimum absolute atomic E-state index is 0.485. The fourth-order valence-corrected chi connectivity index (χ4v) is 2.24. The smallest absolute Gasteiger partial charge is 0.309 e. The van der Waals surface area contributed by atoms with Gasteiger partial charge < -0.3 is 4.52 Å². The molecular weight excluding hydrogens is 163 g/mol. The average molecular weight is 172 g/mol. The SMILES string of the molecule is C#CC1OP(=O)(OC)C=C1C. The van der Waals surface area contributed by atoms with Gasteiger partial charge in [-0.15, -0.1) is 6.42 Å². The molecule has 0 fully saturated rings. The van der Waals surface area contributed by atoms with Crippen molar-refractivity contribution in [1.29, 1.82) is 0 Å². The van der Waals surface area contributed by atoms with E-state index < -0.39 is 13.7 Å². The lowest BCUT2D eigenvalue weighted by Crippen LogP contribution is -2.02. The van der Waals surface area contributed by atoms with Crippen LogP contribution in [0.4, 0.5) is 0 Å². The van der Waals surface area contributed by atoms with Crippen molar-refractivity contribution < 1.29 is 13.6 Å². The second-order valence-corrected chi connectivity index (χ2v) is 4.16. The molecule has 2 unspecified atom stereocenters. The van der Waals surface area contributed by atoms with E-state index >= 15 is 0 Å². The molecule has 60 valence electrons. The van der Waals surface area contributed by atoms with E-state index in [0.29, 0.717) is 0 Å². The zero-order valence-corrected chi connectivity index (χ0v) is 7.30. The lowest BCUT2D eigenvalue weighted by molar-refractivity contribution is 0.239. The van der Waals surface area contributed by atoms with Gasteiger partial charge >= 0.3 is 7.60 Å². The lowest BCUT2D eigenvalue weighted by Gasteiger charge is -2.07. The summed E-state index contributed by atoms with van der Waals surface area (Å²) in [6.07, 6.45) is 4.62. The Labute approximate surface area is 65.9 Å². The summed E-state index contributed by atoms with van der Waals surface area (Å²) in [6.45, 7) is 1.77. The van der Waals surface area contributed by atoms with E-state index in [9.17, 15) is 4.57 Å². The summed E-state index contributed by atoms with van der Waals surface area (Å²) in [5.41, 5.74) is 0.776. The molecule has 0 amide bonds. The molecular formula is C7H9O3P. The normalized spacial score (nSPS) is 36.5. The molecule has 0 aromatic rings. The minimum atomic E-state index is -2.98. The monoisotopic (exact) mass is 172 g/mol. The van der Waals surface area contributed by atoms with Crippen LogP contribution in [-0.4, -0.2) is 13.2 Å². The third-order valence-electron chi connectivity index (χ3n) is 1.43. The molecule has 1 aliphatic heterocycles. The average Bonchev–Trinajstić information content (AvgIpc) is 2.27. The summed E-state index contributed by atoms with van der Waals surface area (Å²) in [5.74, 6) is 3.82. The van der Waals surface area contributed by atoms with Crippen LogP contribution in [0.15, 0.2) is 11.4 Å². The van der Waals surface area contributed by atoms with Gasteiger partial charge in [0.05, 0.1) is 0 Å². The number of hydrogen-bond acceptors (Lipinski definition) is 3. The predicted molar refractivity (Wildman–Crippen MR) is 42.1 cm³/mol. The molecule has 4 heteroatoms. The summed E-state index contributed by atoms with van der Waals surface area (Å²) < 4.78 is 21.0. The van der Waals surface area contributed by atoms with E-state index in [1.807, 2.05) is 0 Å². The fraction of sp³-hybridized carbons (Fsp3) is 0.429. The van der Waals surface area contributed by atoms with Crippen molar-refractivity contribution in [2.75, 3.05) is 7.11 Å². The van der Waals surface area contributed by atoms with Crippen LogP contribution in [0.1, 0.15) is 6.92 Å². The maximum absolute atomic E-state index is 11.3. The Balaban J connectivity index is 2.88. The van der Waals surface area contributed by atoms with Crippen LogP contribution in [0.25, 0.3) is 0 Å². The van der Waals surface area contributed by atoms with Crippen LogP contribution in [-0.2, 0) is 13.6 Å². The molecule has 0 saturated carbocycles. The molecule has 11 heavy (non-hydrogen) atoms.